The molecule has 1 aliphatic carbocycles. The van der Waals surface area contributed by atoms with Gasteiger partial charge in [0.1, 0.15) is 0 Å². The molecule has 1 saturated heterocycles. The summed E-state index contributed by atoms with van der Waals surface area (Å²) in [5, 5.41) is 0. The van der Waals surface area contributed by atoms with Gasteiger partial charge in [0.15, 0.2) is 0 Å². The molecule has 0 aromatic carbocycles. The summed E-state index contributed by atoms with van der Waals surface area (Å²) in [4.78, 5) is 2.52. The Kier molecular flexibility index (Phi) is 4.83. The highest BCUT2D eigenvalue weighted by molar-refractivity contribution is 4.83. The first kappa shape index (κ1) is 13.3. The van der Waals surface area contributed by atoms with E-state index in [1.807, 2.05) is 0 Å². The van der Waals surface area contributed by atoms with Crippen LogP contribution in [0.2, 0.25) is 0 Å². The molecular weight excluding hydrogens is 212 g/mol. The normalized spacial score (nSPS) is 34.8. The average Bonchev–Trinajstić information content (AvgIpc) is 2.35. The van der Waals surface area contributed by atoms with Gasteiger partial charge in [-0.3, -0.25) is 4.90 Å². The van der Waals surface area contributed by atoms with E-state index in [1.54, 1.807) is 0 Å². The van der Waals surface area contributed by atoms with Gasteiger partial charge in [-0.25, -0.2) is 0 Å². The Morgan fingerprint density at radius 3 is 2.65 bits per heavy atom. The van der Waals surface area contributed by atoms with E-state index in [2.05, 4.69) is 18.7 Å². The number of morpholine rings is 1. The third-order valence-electron chi connectivity index (χ3n) is 4.44. The van der Waals surface area contributed by atoms with Gasteiger partial charge in [0, 0.05) is 25.2 Å². The Morgan fingerprint density at radius 2 is 1.94 bits per heavy atom. The predicted octanol–water partition coefficient (Wildman–Crippen LogP) is 2.00. The highest BCUT2D eigenvalue weighted by Crippen LogP contribution is 2.26. The molecule has 2 aliphatic rings. The molecule has 0 spiro atoms. The van der Waals surface area contributed by atoms with Gasteiger partial charge >= 0.3 is 0 Å². The predicted molar refractivity (Wildman–Crippen MR) is 71.0 cm³/mol. The van der Waals surface area contributed by atoms with Gasteiger partial charge in [-0.05, 0) is 32.6 Å². The van der Waals surface area contributed by atoms with Gasteiger partial charge in [0.05, 0.1) is 12.7 Å². The van der Waals surface area contributed by atoms with E-state index in [4.69, 9.17) is 10.5 Å². The highest BCUT2D eigenvalue weighted by Gasteiger charge is 2.28. The van der Waals surface area contributed by atoms with E-state index in [9.17, 15) is 0 Å². The van der Waals surface area contributed by atoms with Crippen LogP contribution < -0.4 is 5.73 Å². The molecule has 3 unspecified atom stereocenters. The SMILES string of the molecule is CC1CN(CC(N)C2CCCCC2)C(C)CO1. The van der Waals surface area contributed by atoms with Crippen LogP contribution >= 0.6 is 0 Å². The van der Waals surface area contributed by atoms with Crippen LogP contribution in [0.3, 0.4) is 0 Å². The van der Waals surface area contributed by atoms with Gasteiger partial charge in [-0.2, -0.15) is 0 Å². The van der Waals surface area contributed by atoms with Crippen molar-refractivity contribution in [1.29, 1.82) is 0 Å². The van der Waals surface area contributed by atoms with Crippen LogP contribution in [-0.2, 0) is 4.74 Å². The number of ether oxygens (including phenoxy) is 1. The largest absolute Gasteiger partial charge is 0.376 e. The van der Waals surface area contributed by atoms with E-state index in [1.165, 1.54) is 32.1 Å². The summed E-state index contributed by atoms with van der Waals surface area (Å²) >= 11 is 0. The molecule has 1 saturated carbocycles. The fourth-order valence-corrected chi connectivity index (χ4v) is 3.21. The molecule has 2 rings (SSSR count). The molecule has 2 fully saturated rings. The summed E-state index contributed by atoms with van der Waals surface area (Å²) in [7, 11) is 0. The van der Waals surface area contributed by atoms with E-state index < -0.39 is 0 Å². The lowest BCUT2D eigenvalue weighted by atomic mass is 9.84. The van der Waals surface area contributed by atoms with Crippen LogP contribution in [0.15, 0.2) is 0 Å². The first-order valence-electron chi connectivity index (χ1n) is 7.28. The van der Waals surface area contributed by atoms with Gasteiger partial charge < -0.3 is 10.5 Å². The quantitative estimate of drug-likeness (QED) is 0.820. The van der Waals surface area contributed by atoms with Crippen molar-refractivity contribution in [2.24, 2.45) is 11.7 Å². The lowest BCUT2D eigenvalue weighted by Crippen LogP contribution is -2.53. The molecule has 0 radical (unpaired) electrons. The van der Waals surface area contributed by atoms with E-state index in [0.717, 1.165) is 25.6 Å². The molecule has 3 atom stereocenters. The number of nitrogens with two attached hydrogens (primary N) is 1. The van der Waals surface area contributed by atoms with Crippen molar-refractivity contribution in [1.82, 2.24) is 4.90 Å². The molecule has 0 bridgehead atoms. The van der Waals surface area contributed by atoms with E-state index >= 15 is 0 Å². The Hall–Kier alpha value is -0.120. The summed E-state index contributed by atoms with van der Waals surface area (Å²) in [5.41, 5.74) is 6.40. The van der Waals surface area contributed by atoms with Crippen LogP contribution in [0.4, 0.5) is 0 Å². The Labute approximate surface area is 106 Å². The maximum absolute atomic E-state index is 6.40. The monoisotopic (exact) mass is 240 g/mol. The second-order valence-electron chi connectivity index (χ2n) is 6.01. The minimum absolute atomic E-state index is 0.364. The van der Waals surface area contributed by atoms with Crippen molar-refractivity contribution in [2.45, 2.75) is 64.1 Å². The first-order chi connectivity index (χ1) is 8.16. The molecule has 1 aliphatic heterocycles. The Balaban J connectivity index is 1.81. The summed E-state index contributed by atoms with van der Waals surface area (Å²) in [5.74, 6) is 0.758. The molecule has 2 N–H and O–H groups in total. The molecule has 1 heterocycles. The molecule has 100 valence electrons. The van der Waals surface area contributed by atoms with Crippen LogP contribution in [0.1, 0.15) is 46.0 Å². The molecular formula is C14H28N2O. The number of rotatable bonds is 3. The number of nitrogens with zero attached hydrogens (tertiary/aromatic N) is 1. The van der Waals surface area contributed by atoms with Gasteiger partial charge in [-0.1, -0.05) is 19.3 Å². The number of hydrogen-bond acceptors (Lipinski definition) is 3. The van der Waals surface area contributed by atoms with Crippen molar-refractivity contribution < 1.29 is 4.74 Å². The van der Waals surface area contributed by atoms with Crippen molar-refractivity contribution in [2.75, 3.05) is 19.7 Å². The number of hydrogen-bond donors (Lipinski definition) is 1. The molecule has 0 aromatic rings. The van der Waals surface area contributed by atoms with Crippen molar-refractivity contribution in [3.63, 3.8) is 0 Å². The molecule has 17 heavy (non-hydrogen) atoms. The molecule has 3 nitrogen and oxygen atoms in total. The van der Waals surface area contributed by atoms with Gasteiger partial charge in [0.2, 0.25) is 0 Å². The lowest BCUT2D eigenvalue weighted by Gasteiger charge is -2.40. The smallest absolute Gasteiger partial charge is 0.0674 e. The minimum Gasteiger partial charge on any atom is -0.376 e. The second kappa shape index (κ2) is 6.17. The summed E-state index contributed by atoms with van der Waals surface area (Å²) in [6, 6.07) is 0.892. The summed E-state index contributed by atoms with van der Waals surface area (Å²) in [6.45, 7) is 7.37. The first-order valence-corrected chi connectivity index (χ1v) is 7.28. The molecule has 0 amide bonds. The zero-order valence-corrected chi connectivity index (χ0v) is 11.4. The summed E-state index contributed by atoms with van der Waals surface area (Å²) in [6.07, 6.45) is 7.23. The Morgan fingerprint density at radius 1 is 1.24 bits per heavy atom. The van der Waals surface area contributed by atoms with Crippen LogP contribution in [0.25, 0.3) is 0 Å². The van der Waals surface area contributed by atoms with E-state index in [0.29, 0.717) is 18.2 Å². The highest BCUT2D eigenvalue weighted by atomic mass is 16.5. The zero-order chi connectivity index (χ0) is 12.3. The molecule has 0 aromatic heterocycles. The third-order valence-corrected chi connectivity index (χ3v) is 4.44. The third kappa shape index (κ3) is 3.67. The topological polar surface area (TPSA) is 38.5 Å². The lowest BCUT2D eigenvalue weighted by molar-refractivity contribution is -0.0530. The second-order valence-corrected chi connectivity index (χ2v) is 6.01. The van der Waals surface area contributed by atoms with Crippen LogP contribution in [0, 0.1) is 5.92 Å². The van der Waals surface area contributed by atoms with Crippen LogP contribution in [-0.4, -0.2) is 42.8 Å². The fraction of sp³-hybridized carbons (Fsp3) is 1.00. The van der Waals surface area contributed by atoms with Gasteiger partial charge in [-0.15, -0.1) is 0 Å². The van der Waals surface area contributed by atoms with Crippen molar-refractivity contribution >= 4 is 0 Å². The van der Waals surface area contributed by atoms with E-state index in [-0.39, 0.29) is 0 Å². The van der Waals surface area contributed by atoms with Crippen molar-refractivity contribution in [3.05, 3.63) is 0 Å². The zero-order valence-electron chi connectivity index (χ0n) is 11.4. The van der Waals surface area contributed by atoms with Crippen LogP contribution in [0.5, 0.6) is 0 Å². The summed E-state index contributed by atoms with van der Waals surface area (Å²) < 4.78 is 5.66. The maximum atomic E-state index is 6.40. The Bertz CT molecular complexity index is 228. The molecule has 3 heteroatoms. The van der Waals surface area contributed by atoms with Crippen molar-refractivity contribution in [3.8, 4) is 0 Å². The van der Waals surface area contributed by atoms with Gasteiger partial charge in [0.25, 0.3) is 0 Å². The minimum atomic E-state index is 0.364. The average molecular weight is 240 g/mol. The standard InChI is InChI=1S/C14H28N2O/c1-11-10-17-12(2)8-16(11)9-14(15)13-6-4-3-5-7-13/h11-14H,3-10,15H2,1-2H3. The fourth-order valence-electron chi connectivity index (χ4n) is 3.21. The maximum Gasteiger partial charge on any atom is 0.0674 e.